The molecule has 0 bridgehead atoms. The van der Waals surface area contributed by atoms with Crippen LogP contribution in [0, 0.1) is 11.6 Å². The van der Waals surface area contributed by atoms with Crippen molar-refractivity contribution in [2.45, 2.75) is 13.0 Å². The molecular weight excluding hydrogens is 266 g/mol. The molecule has 2 nitrogen and oxygen atoms in total. The molecule has 0 amide bonds. The van der Waals surface area contributed by atoms with Crippen LogP contribution in [0.25, 0.3) is 0 Å². The molecule has 2 rings (SSSR count). The lowest BCUT2D eigenvalue weighted by molar-refractivity contribution is 0.591. The number of rotatable bonds is 1. The van der Waals surface area contributed by atoms with Crippen molar-refractivity contribution in [2.24, 2.45) is 4.99 Å². The maximum absolute atomic E-state index is 13.6. The third kappa shape index (κ3) is 2.02. The first-order chi connectivity index (χ1) is 7.08. The summed E-state index contributed by atoms with van der Waals surface area (Å²) < 4.78 is 26.8. The highest BCUT2D eigenvalue weighted by Gasteiger charge is 2.19. The van der Waals surface area contributed by atoms with E-state index in [1.807, 2.05) is 6.92 Å². The molecule has 1 aliphatic heterocycles. The highest BCUT2D eigenvalue weighted by molar-refractivity contribution is 9.10. The molecule has 0 saturated heterocycles. The Bertz CT molecular complexity index is 432. The third-order valence-corrected chi connectivity index (χ3v) is 2.73. The number of hydrogen-bond donors (Lipinski definition) is 1. The predicted molar refractivity (Wildman–Crippen MR) is 58.1 cm³/mol. The Hall–Kier alpha value is -0.970. The van der Waals surface area contributed by atoms with Crippen molar-refractivity contribution in [3.8, 4) is 0 Å². The smallest absolute Gasteiger partial charge is 0.148 e. The summed E-state index contributed by atoms with van der Waals surface area (Å²) in [7, 11) is 0. The molecule has 1 unspecified atom stereocenters. The maximum atomic E-state index is 13.6. The molecule has 0 fully saturated rings. The van der Waals surface area contributed by atoms with Crippen LogP contribution < -0.4 is 5.32 Å². The minimum absolute atomic E-state index is 0.113. The van der Waals surface area contributed by atoms with E-state index in [1.54, 1.807) is 0 Å². The van der Waals surface area contributed by atoms with Crippen LogP contribution in [0.4, 0.5) is 8.78 Å². The zero-order valence-corrected chi connectivity index (χ0v) is 9.61. The number of amidine groups is 1. The van der Waals surface area contributed by atoms with Crippen LogP contribution in [0.5, 0.6) is 0 Å². The second-order valence-corrected chi connectivity index (χ2v) is 4.34. The van der Waals surface area contributed by atoms with E-state index < -0.39 is 11.6 Å². The highest BCUT2D eigenvalue weighted by Crippen LogP contribution is 2.22. The van der Waals surface area contributed by atoms with E-state index in [2.05, 4.69) is 26.2 Å². The van der Waals surface area contributed by atoms with Gasteiger partial charge in [-0.1, -0.05) is 0 Å². The van der Waals surface area contributed by atoms with E-state index in [9.17, 15) is 8.78 Å². The van der Waals surface area contributed by atoms with E-state index in [4.69, 9.17) is 0 Å². The summed E-state index contributed by atoms with van der Waals surface area (Å²) in [6.07, 6.45) is 0. The monoisotopic (exact) mass is 274 g/mol. The lowest BCUT2D eigenvalue weighted by atomic mass is 10.2. The Morgan fingerprint density at radius 3 is 2.80 bits per heavy atom. The molecule has 1 N–H and O–H groups in total. The van der Waals surface area contributed by atoms with Gasteiger partial charge in [0.25, 0.3) is 0 Å². The van der Waals surface area contributed by atoms with Crippen molar-refractivity contribution in [3.63, 3.8) is 0 Å². The topological polar surface area (TPSA) is 24.4 Å². The van der Waals surface area contributed by atoms with Gasteiger partial charge in [-0.15, -0.1) is 0 Å². The second-order valence-electron chi connectivity index (χ2n) is 3.48. The van der Waals surface area contributed by atoms with Crippen molar-refractivity contribution in [3.05, 3.63) is 33.8 Å². The van der Waals surface area contributed by atoms with Crippen molar-refractivity contribution in [1.29, 1.82) is 0 Å². The maximum Gasteiger partial charge on any atom is 0.148 e. The largest absolute Gasteiger partial charge is 0.365 e. The van der Waals surface area contributed by atoms with Crippen LogP contribution in [0.2, 0.25) is 0 Å². The molecule has 0 radical (unpaired) electrons. The molecular formula is C10H9BrF2N2. The molecule has 1 aromatic rings. The van der Waals surface area contributed by atoms with Gasteiger partial charge in [-0.25, -0.2) is 8.78 Å². The van der Waals surface area contributed by atoms with Crippen molar-refractivity contribution < 1.29 is 8.78 Å². The van der Waals surface area contributed by atoms with Crippen molar-refractivity contribution in [1.82, 2.24) is 5.32 Å². The summed E-state index contributed by atoms with van der Waals surface area (Å²) in [6, 6.07) is 2.41. The van der Waals surface area contributed by atoms with Crippen molar-refractivity contribution >= 4 is 21.8 Å². The Balaban J connectivity index is 2.44. The number of hydrogen-bond acceptors (Lipinski definition) is 2. The zero-order chi connectivity index (χ0) is 11.0. The molecule has 1 heterocycles. The summed E-state index contributed by atoms with van der Waals surface area (Å²) in [5.41, 5.74) is 0.172. The van der Waals surface area contributed by atoms with Crippen LogP contribution in [0.3, 0.4) is 0 Å². The molecule has 1 aromatic carbocycles. The SMILES string of the molecule is CC1CN=C(c2cc(F)cc(Br)c2F)N1. The van der Waals surface area contributed by atoms with Crippen LogP contribution in [-0.2, 0) is 0 Å². The quantitative estimate of drug-likeness (QED) is 0.782. The molecule has 1 aliphatic rings. The molecule has 0 aliphatic carbocycles. The fourth-order valence-corrected chi connectivity index (χ4v) is 1.88. The van der Waals surface area contributed by atoms with Gasteiger partial charge in [0.1, 0.15) is 17.5 Å². The number of halogens is 3. The van der Waals surface area contributed by atoms with Gasteiger partial charge >= 0.3 is 0 Å². The summed E-state index contributed by atoms with van der Waals surface area (Å²) in [5, 5.41) is 2.99. The van der Waals surface area contributed by atoms with Gasteiger partial charge in [-0.2, -0.15) is 0 Å². The molecule has 80 valence electrons. The van der Waals surface area contributed by atoms with E-state index >= 15 is 0 Å². The number of benzene rings is 1. The van der Waals surface area contributed by atoms with Gasteiger partial charge in [-0.05, 0) is 35.0 Å². The van der Waals surface area contributed by atoms with E-state index in [0.29, 0.717) is 12.4 Å². The van der Waals surface area contributed by atoms with Gasteiger partial charge < -0.3 is 5.32 Å². The van der Waals surface area contributed by atoms with Gasteiger partial charge in [0, 0.05) is 6.04 Å². The van der Waals surface area contributed by atoms with Gasteiger partial charge in [0.05, 0.1) is 16.6 Å². The van der Waals surface area contributed by atoms with Crippen LogP contribution >= 0.6 is 15.9 Å². The molecule has 1 atom stereocenters. The number of nitrogens with zero attached hydrogens (tertiary/aromatic N) is 1. The van der Waals surface area contributed by atoms with E-state index in [-0.39, 0.29) is 16.1 Å². The normalized spacial score (nSPS) is 20.0. The van der Waals surface area contributed by atoms with Gasteiger partial charge in [0.15, 0.2) is 0 Å². The molecule has 0 spiro atoms. The molecule has 0 saturated carbocycles. The van der Waals surface area contributed by atoms with Crippen LogP contribution in [0.15, 0.2) is 21.6 Å². The van der Waals surface area contributed by atoms with Crippen molar-refractivity contribution in [2.75, 3.05) is 6.54 Å². The Labute approximate surface area is 94.5 Å². The zero-order valence-electron chi connectivity index (χ0n) is 8.02. The summed E-state index contributed by atoms with van der Waals surface area (Å²) >= 11 is 2.96. The van der Waals surface area contributed by atoms with E-state index in [1.165, 1.54) is 0 Å². The summed E-state index contributed by atoms with van der Waals surface area (Å²) in [6.45, 7) is 2.52. The van der Waals surface area contributed by atoms with E-state index in [0.717, 1.165) is 12.1 Å². The molecule has 15 heavy (non-hydrogen) atoms. The first-order valence-corrected chi connectivity index (χ1v) is 5.33. The first kappa shape index (κ1) is 10.5. The Morgan fingerprint density at radius 1 is 1.47 bits per heavy atom. The highest BCUT2D eigenvalue weighted by atomic mass is 79.9. The number of aliphatic imine (C=N–C) groups is 1. The van der Waals surface area contributed by atoms with Crippen LogP contribution in [-0.4, -0.2) is 18.4 Å². The summed E-state index contributed by atoms with van der Waals surface area (Å²) in [4.78, 5) is 4.11. The van der Waals surface area contributed by atoms with Crippen LogP contribution in [0.1, 0.15) is 12.5 Å². The van der Waals surface area contributed by atoms with Gasteiger partial charge in [0.2, 0.25) is 0 Å². The minimum Gasteiger partial charge on any atom is -0.365 e. The molecule has 0 aromatic heterocycles. The fraction of sp³-hybridized carbons (Fsp3) is 0.300. The third-order valence-electron chi connectivity index (χ3n) is 2.15. The average molecular weight is 275 g/mol. The lowest BCUT2D eigenvalue weighted by Crippen LogP contribution is -2.28. The average Bonchev–Trinajstić information content (AvgIpc) is 2.58. The number of nitrogens with one attached hydrogen (secondary N) is 1. The molecule has 5 heteroatoms. The Morgan fingerprint density at radius 2 is 2.20 bits per heavy atom. The standard InChI is InChI=1S/C10H9BrF2N2/c1-5-4-14-10(15-5)7-2-6(12)3-8(11)9(7)13/h2-3,5H,4H2,1H3,(H,14,15). The minimum atomic E-state index is -0.489. The summed E-state index contributed by atoms with van der Waals surface area (Å²) in [5.74, 6) is -0.556. The van der Waals surface area contributed by atoms with Gasteiger partial charge in [-0.3, -0.25) is 4.99 Å². The Kier molecular flexibility index (Phi) is 2.73. The lowest BCUT2D eigenvalue weighted by Gasteiger charge is -2.08. The predicted octanol–water partition coefficient (Wildman–Crippen LogP) is 2.47. The fourth-order valence-electron chi connectivity index (χ4n) is 1.44. The first-order valence-electron chi connectivity index (χ1n) is 4.54. The second kappa shape index (κ2) is 3.89.